The van der Waals surface area contributed by atoms with Gasteiger partial charge in [-0.15, -0.1) is 6.58 Å². The molecule has 6 heteroatoms. The molecule has 156 valence electrons. The van der Waals surface area contributed by atoms with Crippen LogP contribution in [0.15, 0.2) is 84.5 Å². The van der Waals surface area contributed by atoms with E-state index in [1.54, 1.807) is 60.7 Å². The molecule has 0 bridgehead atoms. The summed E-state index contributed by atoms with van der Waals surface area (Å²) in [4.78, 5) is 24.6. The van der Waals surface area contributed by atoms with Crippen LogP contribution in [0.2, 0.25) is 0 Å². The van der Waals surface area contributed by atoms with E-state index in [0.717, 1.165) is 11.1 Å². The summed E-state index contributed by atoms with van der Waals surface area (Å²) in [5, 5.41) is 16.9. The van der Waals surface area contributed by atoms with Crippen molar-refractivity contribution in [2.75, 3.05) is 5.32 Å². The molecule has 3 aromatic carbocycles. The third kappa shape index (κ3) is 5.67. The van der Waals surface area contributed by atoms with Crippen molar-refractivity contribution in [1.82, 2.24) is 5.43 Å². The van der Waals surface area contributed by atoms with Crippen molar-refractivity contribution in [2.45, 2.75) is 13.3 Å². The maximum atomic E-state index is 12.3. The van der Waals surface area contributed by atoms with Crippen LogP contribution >= 0.6 is 0 Å². The van der Waals surface area contributed by atoms with Gasteiger partial charge in [0.15, 0.2) is 0 Å². The third-order valence-corrected chi connectivity index (χ3v) is 4.60. The van der Waals surface area contributed by atoms with Gasteiger partial charge >= 0.3 is 0 Å². The normalized spacial score (nSPS) is 10.6. The van der Waals surface area contributed by atoms with E-state index >= 15 is 0 Å². The molecule has 31 heavy (non-hydrogen) atoms. The summed E-state index contributed by atoms with van der Waals surface area (Å²) in [6.07, 6.45) is 3.62. The number of carbonyl (C=O) groups excluding carboxylic acids is 2. The van der Waals surface area contributed by atoms with E-state index in [0.29, 0.717) is 28.8 Å². The van der Waals surface area contributed by atoms with E-state index in [1.807, 2.05) is 19.1 Å². The number of nitrogens with one attached hydrogen (secondary N) is 2. The number of carbonyl (C=O) groups is 2. The Hall–Kier alpha value is -4.19. The van der Waals surface area contributed by atoms with Crippen LogP contribution in [0, 0.1) is 6.92 Å². The number of anilines is 1. The van der Waals surface area contributed by atoms with Crippen LogP contribution in [0.4, 0.5) is 5.69 Å². The van der Waals surface area contributed by atoms with Crippen LogP contribution in [0.25, 0.3) is 0 Å². The summed E-state index contributed by atoms with van der Waals surface area (Å²) in [6.45, 7) is 5.62. The van der Waals surface area contributed by atoms with Gasteiger partial charge < -0.3 is 10.4 Å². The third-order valence-electron chi connectivity index (χ3n) is 4.60. The van der Waals surface area contributed by atoms with Gasteiger partial charge in [0.05, 0.1) is 6.21 Å². The molecule has 0 aromatic heterocycles. The van der Waals surface area contributed by atoms with Crippen molar-refractivity contribution >= 4 is 23.7 Å². The van der Waals surface area contributed by atoms with E-state index < -0.39 is 5.91 Å². The summed E-state index contributed by atoms with van der Waals surface area (Å²) in [5.41, 5.74) is 6.25. The van der Waals surface area contributed by atoms with E-state index in [-0.39, 0.29) is 11.7 Å². The van der Waals surface area contributed by atoms with Gasteiger partial charge in [0, 0.05) is 22.4 Å². The molecule has 2 amide bonds. The number of aryl methyl sites for hydroxylation is 1. The fourth-order valence-electron chi connectivity index (χ4n) is 2.87. The number of aromatic hydroxyl groups is 1. The van der Waals surface area contributed by atoms with E-state index in [4.69, 9.17) is 0 Å². The Kier molecular flexibility index (Phi) is 6.96. The van der Waals surface area contributed by atoms with Crippen molar-refractivity contribution in [2.24, 2.45) is 5.10 Å². The van der Waals surface area contributed by atoms with Crippen molar-refractivity contribution in [3.63, 3.8) is 0 Å². The van der Waals surface area contributed by atoms with Gasteiger partial charge in [-0.3, -0.25) is 9.59 Å². The van der Waals surface area contributed by atoms with Crippen molar-refractivity contribution < 1.29 is 14.7 Å². The first-order valence-corrected chi connectivity index (χ1v) is 9.71. The highest BCUT2D eigenvalue weighted by molar-refractivity contribution is 6.04. The average molecular weight is 413 g/mol. The number of hydrogen-bond acceptors (Lipinski definition) is 4. The molecule has 0 heterocycles. The van der Waals surface area contributed by atoms with Crippen molar-refractivity contribution in [3.05, 3.63) is 107 Å². The second kappa shape index (κ2) is 10.0. The zero-order valence-corrected chi connectivity index (χ0v) is 17.1. The largest absolute Gasteiger partial charge is 0.507 e. The summed E-state index contributed by atoms with van der Waals surface area (Å²) in [7, 11) is 0. The lowest BCUT2D eigenvalue weighted by Gasteiger charge is -2.07. The van der Waals surface area contributed by atoms with Gasteiger partial charge in [-0.25, -0.2) is 5.43 Å². The first-order chi connectivity index (χ1) is 15.0. The van der Waals surface area contributed by atoms with Gasteiger partial charge in [-0.2, -0.15) is 5.10 Å². The van der Waals surface area contributed by atoms with Gasteiger partial charge in [0.1, 0.15) is 5.75 Å². The number of nitrogens with zero attached hydrogens (tertiary/aromatic N) is 1. The first-order valence-electron chi connectivity index (χ1n) is 9.71. The minimum atomic E-state index is -0.408. The van der Waals surface area contributed by atoms with Crippen molar-refractivity contribution in [1.29, 1.82) is 0 Å². The second-order valence-corrected chi connectivity index (χ2v) is 6.94. The number of phenolic OH excluding ortho intramolecular Hbond substituents is 1. The Balaban J connectivity index is 1.60. The molecule has 0 spiro atoms. The fourth-order valence-corrected chi connectivity index (χ4v) is 2.87. The summed E-state index contributed by atoms with van der Waals surface area (Å²) in [6, 6.07) is 19.0. The number of hydrogen-bond donors (Lipinski definition) is 3. The minimum absolute atomic E-state index is 0.106. The molecule has 0 aliphatic rings. The zero-order chi connectivity index (χ0) is 22.2. The maximum Gasteiger partial charge on any atom is 0.271 e. The first kappa shape index (κ1) is 21.5. The van der Waals surface area contributed by atoms with E-state index in [2.05, 4.69) is 22.4 Å². The van der Waals surface area contributed by atoms with Crippen LogP contribution in [0.5, 0.6) is 5.75 Å². The Bertz CT molecular complexity index is 1120. The Morgan fingerprint density at radius 1 is 0.968 bits per heavy atom. The monoisotopic (exact) mass is 413 g/mol. The minimum Gasteiger partial charge on any atom is -0.507 e. The van der Waals surface area contributed by atoms with Crippen molar-refractivity contribution in [3.8, 4) is 5.75 Å². The maximum absolute atomic E-state index is 12.3. The molecule has 3 aromatic rings. The highest BCUT2D eigenvalue weighted by Gasteiger charge is 2.08. The molecule has 0 atom stereocenters. The smallest absolute Gasteiger partial charge is 0.271 e. The van der Waals surface area contributed by atoms with Gasteiger partial charge in [-0.1, -0.05) is 35.9 Å². The molecule has 0 aliphatic heterocycles. The number of allylic oxidation sites excluding steroid dienone is 1. The molecule has 0 saturated carbocycles. The molecule has 6 nitrogen and oxygen atoms in total. The van der Waals surface area contributed by atoms with E-state index in [1.165, 1.54) is 6.21 Å². The van der Waals surface area contributed by atoms with Gasteiger partial charge in [-0.05, 0) is 61.4 Å². The summed E-state index contributed by atoms with van der Waals surface area (Å²) in [5.74, 6) is -0.524. The predicted molar refractivity (Wildman–Crippen MR) is 123 cm³/mol. The summed E-state index contributed by atoms with van der Waals surface area (Å²) < 4.78 is 0. The Labute approximate surface area is 180 Å². The Morgan fingerprint density at radius 3 is 2.29 bits per heavy atom. The molecule has 0 unspecified atom stereocenters. The van der Waals surface area contributed by atoms with Gasteiger partial charge in [0.2, 0.25) is 0 Å². The quantitative estimate of drug-likeness (QED) is 0.304. The topological polar surface area (TPSA) is 90.8 Å². The molecule has 3 rings (SSSR count). The predicted octanol–water partition coefficient (Wildman–Crippen LogP) is 4.45. The number of phenols is 1. The lowest BCUT2D eigenvalue weighted by Crippen LogP contribution is -2.18. The summed E-state index contributed by atoms with van der Waals surface area (Å²) >= 11 is 0. The van der Waals surface area contributed by atoms with Crippen LogP contribution in [0.1, 0.15) is 37.4 Å². The SMILES string of the molecule is C=CCc1cccc(/C=N\NC(=O)c2ccc(NC(=O)c3ccc(C)cc3)cc2)c1O. The number of benzene rings is 3. The molecule has 0 saturated heterocycles. The highest BCUT2D eigenvalue weighted by Crippen LogP contribution is 2.21. The number of rotatable bonds is 7. The van der Waals surface area contributed by atoms with Gasteiger partial charge in [0.25, 0.3) is 11.8 Å². The molecule has 0 fully saturated rings. The molecule has 0 radical (unpaired) electrons. The van der Waals surface area contributed by atoms with E-state index in [9.17, 15) is 14.7 Å². The standard InChI is InChI=1S/C25H23N3O3/c1-3-5-18-6-4-7-21(23(18)29)16-26-28-25(31)20-12-14-22(15-13-20)27-24(30)19-10-8-17(2)9-11-19/h3-4,6-16,29H,1,5H2,2H3,(H,27,30)(H,28,31)/b26-16-. The number of para-hydroxylation sites is 1. The number of amides is 2. The van der Waals surface area contributed by atoms with Crippen LogP contribution in [-0.2, 0) is 6.42 Å². The molecular weight excluding hydrogens is 390 g/mol. The molecular formula is C25H23N3O3. The number of hydrazone groups is 1. The average Bonchev–Trinajstić information content (AvgIpc) is 2.77. The highest BCUT2D eigenvalue weighted by atomic mass is 16.3. The molecule has 0 aliphatic carbocycles. The lowest BCUT2D eigenvalue weighted by molar-refractivity contribution is 0.0954. The van der Waals surface area contributed by atoms with Crippen LogP contribution < -0.4 is 10.7 Å². The second-order valence-electron chi connectivity index (χ2n) is 6.94. The fraction of sp³-hybridized carbons (Fsp3) is 0.0800. The van der Waals surface area contributed by atoms with Crippen LogP contribution in [0.3, 0.4) is 0 Å². The Morgan fingerprint density at radius 2 is 1.61 bits per heavy atom. The zero-order valence-electron chi connectivity index (χ0n) is 17.1. The lowest BCUT2D eigenvalue weighted by atomic mass is 10.1. The van der Waals surface area contributed by atoms with Crippen LogP contribution in [-0.4, -0.2) is 23.1 Å². The molecule has 3 N–H and O–H groups in total.